The van der Waals surface area contributed by atoms with Gasteiger partial charge in [0.05, 0.1) is 12.7 Å². The van der Waals surface area contributed by atoms with Gasteiger partial charge in [-0.15, -0.1) is 0 Å². The zero-order chi connectivity index (χ0) is 10.7. The minimum absolute atomic E-state index is 0.209. The second-order valence-corrected chi connectivity index (χ2v) is 3.96. The van der Waals surface area contributed by atoms with Crippen LogP contribution in [0.15, 0.2) is 18.2 Å². The average molecular weight is 209 g/mol. The van der Waals surface area contributed by atoms with Crippen LogP contribution in [0.25, 0.3) is 0 Å². The van der Waals surface area contributed by atoms with Gasteiger partial charge in [0, 0.05) is 17.7 Å². The lowest BCUT2D eigenvalue weighted by atomic mass is 9.96. The molecule has 0 amide bonds. The van der Waals surface area contributed by atoms with Crippen molar-refractivity contribution in [2.75, 3.05) is 0 Å². The maximum absolute atomic E-state index is 13.7. The number of ether oxygens (including phenoxy) is 1. The van der Waals surface area contributed by atoms with E-state index in [-0.39, 0.29) is 12.4 Å². The number of rotatable bonds is 4. The molecule has 0 heterocycles. The first kappa shape index (κ1) is 10.6. The van der Waals surface area contributed by atoms with Crippen LogP contribution in [0.3, 0.4) is 0 Å². The second kappa shape index (κ2) is 4.73. The average Bonchev–Trinajstić information content (AvgIpc) is 2.18. The normalized spacial score (nSPS) is 16.4. The van der Waals surface area contributed by atoms with Gasteiger partial charge < -0.3 is 10.5 Å². The summed E-state index contributed by atoms with van der Waals surface area (Å²) in [5.41, 5.74) is 6.61. The Morgan fingerprint density at radius 2 is 2.07 bits per heavy atom. The third-order valence-electron chi connectivity index (χ3n) is 2.91. The van der Waals surface area contributed by atoms with Crippen LogP contribution in [0.5, 0.6) is 0 Å². The molecule has 82 valence electrons. The molecule has 15 heavy (non-hydrogen) atoms. The van der Waals surface area contributed by atoms with Crippen LogP contribution < -0.4 is 5.73 Å². The van der Waals surface area contributed by atoms with Crippen LogP contribution in [-0.2, 0) is 17.9 Å². The Bertz CT molecular complexity index is 336. The van der Waals surface area contributed by atoms with Gasteiger partial charge in [0.2, 0.25) is 0 Å². The molecule has 0 spiro atoms. The Hall–Kier alpha value is -0.930. The molecular formula is C12H16FNO. The summed E-state index contributed by atoms with van der Waals surface area (Å²) < 4.78 is 19.2. The predicted octanol–water partition coefficient (Wildman–Crippen LogP) is 2.35. The van der Waals surface area contributed by atoms with Crippen molar-refractivity contribution in [1.29, 1.82) is 0 Å². The first-order valence-corrected chi connectivity index (χ1v) is 5.39. The Morgan fingerprint density at radius 3 is 2.67 bits per heavy atom. The van der Waals surface area contributed by atoms with Crippen molar-refractivity contribution in [1.82, 2.24) is 0 Å². The van der Waals surface area contributed by atoms with Crippen molar-refractivity contribution >= 4 is 0 Å². The van der Waals surface area contributed by atoms with E-state index in [0.29, 0.717) is 23.8 Å². The molecule has 1 aliphatic carbocycles. The van der Waals surface area contributed by atoms with Crippen LogP contribution in [0, 0.1) is 5.82 Å². The summed E-state index contributed by atoms with van der Waals surface area (Å²) in [7, 11) is 0. The summed E-state index contributed by atoms with van der Waals surface area (Å²) in [6.07, 6.45) is 3.79. The Kier molecular flexibility index (Phi) is 3.34. The summed E-state index contributed by atoms with van der Waals surface area (Å²) in [4.78, 5) is 0. The molecule has 0 aliphatic heterocycles. The molecule has 0 radical (unpaired) electrons. The van der Waals surface area contributed by atoms with Crippen LogP contribution in [0.2, 0.25) is 0 Å². The number of hydrogen-bond acceptors (Lipinski definition) is 2. The number of halogens is 1. The van der Waals surface area contributed by atoms with Gasteiger partial charge >= 0.3 is 0 Å². The standard InChI is InChI=1S/C12H16FNO/c13-12-9(7-14)3-1-4-10(12)8-15-11-5-2-6-11/h1,3-4,11H,2,5-8,14H2. The number of nitrogens with two attached hydrogens (primary N) is 1. The topological polar surface area (TPSA) is 35.2 Å². The maximum atomic E-state index is 13.7. The molecule has 0 saturated heterocycles. The largest absolute Gasteiger partial charge is 0.373 e. The number of hydrogen-bond donors (Lipinski definition) is 1. The molecule has 0 bridgehead atoms. The van der Waals surface area contributed by atoms with Gasteiger partial charge in [-0.2, -0.15) is 0 Å². The van der Waals surface area contributed by atoms with E-state index in [4.69, 9.17) is 10.5 Å². The molecule has 2 N–H and O–H groups in total. The van der Waals surface area contributed by atoms with E-state index in [2.05, 4.69) is 0 Å². The summed E-state index contributed by atoms with van der Waals surface area (Å²) in [5, 5.41) is 0. The Balaban J connectivity index is 2.00. The summed E-state index contributed by atoms with van der Waals surface area (Å²) in [5.74, 6) is -0.209. The van der Waals surface area contributed by atoms with Crippen molar-refractivity contribution in [2.45, 2.75) is 38.5 Å². The van der Waals surface area contributed by atoms with Gasteiger partial charge in [-0.1, -0.05) is 18.2 Å². The van der Waals surface area contributed by atoms with Gasteiger partial charge in [0.1, 0.15) is 5.82 Å². The molecule has 1 aliphatic rings. The molecule has 2 nitrogen and oxygen atoms in total. The summed E-state index contributed by atoms with van der Waals surface area (Å²) in [6, 6.07) is 5.29. The van der Waals surface area contributed by atoms with E-state index in [1.54, 1.807) is 12.1 Å². The fourth-order valence-corrected chi connectivity index (χ4v) is 1.65. The van der Waals surface area contributed by atoms with Crippen LogP contribution >= 0.6 is 0 Å². The van der Waals surface area contributed by atoms with Gasteiger partial charge in [-0.05, 0) is 19.3 Å². The Morgan fingerprint density at radius 1 is 1.33 bits per heavy atom. The highest BCUT2D eigenvalue weighted by molar-refractivity contribution is 5.25. The maximum Gasteiger partial charge on any atom is 0.133 e. The lowest BCUT2D eigenvalue weighted by Gasteiger charge is -2.25. The molecule has 0 aromatic heterocycles. The van der Waals surface area contributed by atoms with E-state index in [9.17, 15) is 4.39 Å². The second-order valence-electron chi connectivity index (χ2n) is 3.96. The van der Waals surface area contributed by atoms with Gasteiger partial charge in [-0.25, -0.2) is 4.39 Å². The molecule has 1 fully saturated rings. The van der Waals surface area contributed by atoms with Crippen molar-refractivity contribution in [2.24, 2.45) is 5.73 Å². The molecule has 0 unspecified atom stereocenters. The van der Waals surface area contributed by atoms with E-state index in [1.165, 1.54) is 6.42 Å². The zero-order valence-electron chi connectivity index (χ0n) is 8.71. The van der Waals surface area contributed by atoms with Crippen molar-refractivity contribution < 1.29 is 9.13 Å². The zero-order valence-corrected chi connectivity index (χ0v) is 8.71. The van der Waals surface area contributed by atoms with E-state index < -0.39 is 0 Å². The minimum atomic E-state index is -0.209. The lowest BCUT2D eigenvalue weighted by Crippen LogP contribution is -2.21. The molecule has 1 aromatic carbocycles. The third-order valence-corrected chi connectivity index (χ3v) is 2.91. The Labute approximate surface area is 89.2 Å². The summed E-state index contributed by atoms with van der Waals surface area (Å²) in [6.45, 7) is 0.605. The van der Waals surface area contributed by atoms with Crippen molar-refractivity contribution in [3.8, 4) is 0 Å². The SMILES string of the molecule is NCc1cccc(COC2CCC2)c1F. The number of benzene rings is 1. The van der Waals surface area contributed by atoms with Crippen molar-refractivity contribution in [3.05, 3.63) is 35.1 Å². The van der Waals surface area contributed by atoms with E-state index >= 15 is 0 Å². The first-order chi connectivity index (χ1) is 7.31. The van der Waals surface area contributed by atoms with Gasteiger partial charge in [0.25, 0.3) is 0 Å². The molecule has 3 heteroatoms. The summed E-state index contributed by atoms with van der Waals surface area (Å²) >= 11 is 0. The highest BCUT2D eigenvalue weighted by Crippen LogP contribution is 2.24. The quantitative estimate of drug-likeness (QED) is 0.826. The molecular weight excluding hydrogens is 193 g/mol. The predicted molar refractivity (Wildman–Crippen MR) is 56.7 cm³/mol. The smallest absolute Gasteiger partial charge is 0.133 e. The molecule has 2 rings (SSSR count). The first-order valence-electron chi connectivity index (χ1n) is 5.39. The molecule has 1 aromatic rings. The third kappa shape index (κ3) is 2.36. The van der Waals surface area contributed by atoms with Crippen molar-refractivity contribution in [3.63, 3.8) is 0 Å². The van der Waals surface area contributed by atoms with E-state index in [0.717, 1.165) is 12.8 Å². The van der Waals surface area contributed by atoms with Gasteiger partial charge in [-0.3, -0.25) is 0 Å². The fraction of sp³-hybridized carbons (Fsp3) is 0.500. The van der Waals surface area contributed by atoms with Crippen LogP contribution in [0.1, 0.15) is 30.4 Å². The molecule has 0 atom stereocenters. The monoisotopic (exact) mass is 209 g/mol. The van der Waals surface area contributed by atoms with Gasteiger partial charge in [0.15, 0.2) is 0 Å². The highest BCUT2D eigenvalue weighted by Gasteiger charge is 2.18. The van der Waals surface area contributed by atoms with E-state index in [1.807, 2.05) is 6.07 Å². The minimum Gasteiger partial charge on any atom is -0.373 e. The fourth-order valence-electron chi connectivity index (χ4n) is 1.65. The lowest BCUT2D eigenvalue weighted by molar-refractivity contribution is -0.00980. The van der Waals surface area contributed by atoms with Crippen LogP contribution in [0.4, 0.5) is 4.39 Å². The highest BCUT2D eigenvalue weighted by atomic mass is 19.1. The van der Waals surface area contributed by atoms with Crippen LogP contribution in [-0.4, -0.2) is 6.10 Å². The molecule has 1 saturated carbocycles.